The van der Waals surface area contributed by atoms with Gasteiger partial charge >= 0.3 is 0 Å². The second-order valence-corrected chi connectivity index (χ2v) is 6.46. The number of halogens is 2. The van der Waals surface area contributed by atoms with Crippen LogP contribution in [0.3, 0.4) is 0 Å². The summed E-state index contributed by atoms with van der Waals surface area (Å²) in [5.41, 5.74) is -0.421. The number of rotatable bonds is 2. The van der Waals surface area contributed by atoms with E-state index in [0.29, 0.717) is 12.0 Å². The van der Waals surface area contributed by atoms with E-state index in [-0.39, 0.29) is 17.8 Å². The number of aliphatic hydroxyl groups is 1. The van der Waals surface area contributed by atoms with E-state index < -0.39 is 17.2 Å². The first-order valence-corrected chi connectivity index (χ1v) is 6.38. The summed E-state index contributed by atoms with van der Waals surface area (Å²) in [4.78, 5) is 0. The second kappa shape index (κ2) is 4.30. The van der Waals surface area contributed by atoms with Gasteiger partial charge in [-0.15, -0.1) is 0 Å². The van der Waals surface area contributed by atoms with Crippen LogP contribution in [0.25, 0.3) is 0 Å². The van der Waals surface area contributed by atoms with E-state index in [1.807, 2.05) is 6.92 Å². The lowest BCUT2D eigenvalue weighted by atomic mass is 9.84. The number of hydrogen-bond acceptors (Lipinski definition) is 1. The maximum atomic E-state index is 13.6. The van der Waals surface area contributed by atoms with Crippen molar-refractivity contribution in [3.05, 3.63) is 35.4 Å². The van der Waals surface area contributed by atoms with E-state index in [9.17, 15) is 13.9 Å². The van der Waals surface area contributed by atoms with Crippen LogP contribution in [0, 0.1) is 23.0 Å². The Morgan fingerprint density at radius 2 is 2.00 bits per heavy atom. The van der Waals surface area contributed by atoms with Crippen molar-refractivity contribution in [3.63, 3.8) is 0 Å². The Morgan fingerprint density at radius 1 is 1.33 bits per heavy atom. The van der Waals surface area contributed by atoms with Gasteiger partial charge in [0.2, 0.25) is 0 Å². The summed E-state index contributed by atoms with van der Waals surface area (Å²) in [6.45, 7) is 6.22. The molecule has 2 unspecified atom stereocenters. The summed E-state index contributed by atoms with van der Waals surface area (Å²) < 4.78 is 26.5. The second-order valence-electron chi connectivity index (χ2n) is 6.46. The Labute approximate surface area is 107 Å². The van der Waals surface area contributed by atoms with Crippen molar-refractivity contribution >= 4 is 0 Å². The molecule has 1 saturated carbocycles. The highest BCUT2D eigenvalue weighted by atomic mass is 19.1. The minimum Gasteiger partial charge on any atom is -0.389 e. The zero-order valence-corrected chi connectivity index (χ0v) is 11.1. The van der Waals surface area contributed by atoms with Crippen LogP contribution in [0.4, 0.5) is 8.78 Å². The van der Waals surface area contributed by atoms with Crippen LogP contribution >= 0.6 is 0 Å². The van der Waals surface area contributed by atoms with Crippen LogP contribution in [0.1, 0.15) is 39.2 Å². The van der Waals surface area contributed by atoms with Crippen LogP contribution in [-0.4, -0.2) is 10.7 Å². The van der Waals surface area contributed by atoms with Gasteiger partial charge < -0.3 is 5.11 Å². The van der Waals surface area contributed by atoms with Crippen molar-refractivity contribution in [2.45, 2.75) is 45.6 Å². The maximum Gasteiger partial charge on any atom is 0.129 e. The number of benzene rings is 1. The molecule has 0 aliphatic heterocycles. The Morgan fingerprint density at radius 3 is 2.50 bits per heavy atom. The SMILES string of the molecule is CC1CC(C)(C)CC1(O)Cc1ccc(F)cc1F. The van der Waals surface area contributed by atoms with Gasteiger partial charge in [-0.1, -0.05) is 26.8 Å². The third-order valence-corrected chi connectivity index (χ3v) is 4.07. The molecule has 18 heavy (non-hydrogen) atoms. The van der Waals surface area contributed by atoms with E-state index in [0.717, 1.165) is 12.5 Å². The minimum absolute atomic E-state index is 0.0741. The molecule has 0 spiro atoms. The van der Waals surface area contributed by atoms with Gasteiger partial charge in [-0.25, -0.2) is 8.78 Å². The van der Waals surface area contributed by atoms with Crippen LogP contribution < -0.4 is 0 Å². The Bertz CT molecular complexity index is 456. The predicted octanol–water partition coefficient (Wildman–Crippen LogP) is 3.69. The van der Waals surface area contributed by atoms with Crippen molar-refractivity contribution in [1.29, 1.82) is 0 Å². The molecule has 1 aliphatic carbocycles. The van der Waals surface area contributed by atoms with Gasteiger partial charge in [0.05, 0.1) is 5.60 Å². The molecule has 1 N–H and O–H groups in total. The Kier molecular flexibility index (Phi) is 3.22. The normalized spacial score (nSPS) is 30.7. The molecule has 100 valence electrons. The lowest BCUT2D eigenvalue weighted by Gasteiger charge is -2.28. The molecule has 0 heterocycles. The van der Waals surface area contributed by atoms with Crippen LogP contribution in [0.5, 0.6) is 0 Å². The molecule has 0 bridgehead atoms. The fourth-order valence-electron chi connectivity index (χ4n) is 3.33. The van der Waals surface area contributed by atoms with Crippen molar-refractivity contribution in [2.75, 3.05) is 0 Å². The Balaban J connectivity index is 2.23. The molecule has 1 aromatic rings. The van der Waals surface area contributed by atoms with Crippen LogP contribution in [-0.2, 0) is 6.42 Å². The summed E-state index contributed by atoms with van der Waals surface area (Å²) in [7, 11) is 0. The zero-order valence-electron chi connectivity index (χ0n) is 11.1. The molecule has 0 saturated heterocycles. The fraction of sp³-hybridized carbons (Fsp3) is 0.600. The van der Waals surface area contributed by atoms with Crippen LogP contribution in [0.15, 0.2) is 18.2 Å². The van der Waals surface area contributed by atoms with Gasteiger partial charge in [-0.3, -0.25) is 0 Å². The molecule has 1 aromatic carbocycles. The lowest BCUT2D eigenvalue weighted by molar-refractivity contribution is 0.00371. The lowest BCUT2D eigenvalue weighted by Crippen LogP contribution is -2.35. The van der Waals surface area contributed by atoms with Crippen molar-refractivity contribution < 1.29 is 13.9 Å². The summed E-state index contributed by atoms with van der Waals surface area (Å²) in [6.07, 6.45) is 1.83. The topological polar surface area (TPSA) is 20.2 Å². The Hall–Kier alpha value is -0.960. The fourth-order valence-corrected chi connectivity index (χ4v) is 3.33. The highest BCUT2D eigenvalue weighted by Gasteiger charge is 2.47. The standard InChI is InChI=1S/C15H20F2O/c1-10-7-14(2,3)9-15(10,18)8-11-4-5-12(16)6-13(11)17/h4-6,10,18H,7-9H2,1-3H3. The summed E-state index contributed by atoms with van der Waals surface area (Å²) in [5.74, 6) is -1.03. The quantitative estimate of drug-likeness (QED) is 0.853. The maximum absolute atomic E-state index is 13.6. The van der Waals surface area contributed by atoms with E-state index in [2.05, 4.69) is 13.8 Å². The van der Waals surface area contributed by atoms with Gasteiger partial charge in [-0.2, -0.15) is 0 Å². The first-order valence-electron chi connectivity index (χ1n) is 6.38. The highest BCUT2D eigenvalue weighted by Crippen LogP contribution is 2.48. The van der Waals surface area contributed by atoms with Gasteiger partial charge in [0.25, 0.3) is 0 Å². The molecule has 3 heteroatoms. The third-order valence-electron chi connectivity index (χ3n) is 4.07. The zero-order chi connectivity index (χ0) is 13.6. The predicted molar refractivity (Wildman–Crippen MR) is 67.2 cm³/mol. The van der Waals surface area contributed by atoms with E-state index in [4.69, 9.17) is 0 Å². The molecule has 1 nitrogen and oxygen atoms in total. The molecular formula is C15H20F2O. The molecule has 2 atom stereocenters. The van der Waals surface area contributed by atoms with Crippen molar-refractivity contribution in [2.24, 2.45) is 11.3 Å². The molecule has 0 aromatic heterocycles. The monoisotopic (exact) mass is 254 g/mol. The highest BCUT2D eigenvalue weighted by molar-refractivity contribution is 5.21. The van der Waals surface area contributed by atoms with E-state index in [1.165, 1.54) is 12.1 Å². The first kappa shape index (κ1) is 13.5. The van der Waals surface area contributed by atoms with Crippen molar-refractivity contribution in [3.8, 4) is 0 Å². The average Bonchev–Trinajstić information content (AvgIpc) is 2.40. The van der Waals surface area contributed by atoms with E-state index >= 15 is 0 Å². The smallest absolute Gasteiger partial charge is 0.129 e. The molecule has 2 rings (SSSR count). The minimum atomic E-state index is -0.887. The summed E-state index contributed by atoms with van der Waals surface area (Å²) in [5, 5.41) is 10.7. The molecule has 1 fully saturated rings. The number of hydrogen-bond donors (Lipinski definition) is 1. The average molecular weight is 254 g/mol. The van der Waals surface area contributed by atoms with Gasteiger partial charge in [0, 0.05) is 12.5 Å². The molecule has 0 radical (unpaired) electrons. The summed E-state index contributed by atoms with van der Waals surface area (Å²) >= 11 is 0. The van der Waals surface area contributed by atoms with Crippen molar-refractivity contribution in [1.82, 2.24) is 0 Å². The summed E-state index contributed by atoms with van der Waals surface area (Å²) in [6, 6.07) is 3.55. The molecular weight excluding hydrogens is 234 g/mol. The van der Waals surface area contributed by atoms with Crippen LogP contribution in [0.2, 0.25) is 0 Å². The van der Waals surface area contributed by atoms with Gasteiger partial charge in [-0.05, 0) is 35.8 Å². The van der Waals surface area contributed by atoms with Gasteiger partial charge in [0.15, 0.2) is 0 Å². The first-order chi connectivity index (χ1) is 8.22. The molecule has 1 aliphatic rings. The largest absolute Gasteiger partial charge is 0.389 e. The molecule has 0 amide bonds. The third kappa shape index (κ3) is 2.56. The van der Waals surface area contributed by atoms with E-state index in [1.54, 1.807) is 0 Å². The van der Waals surface area contributed by atoms with Gasteiger partial charge in [0.1, 0.15) is 11.6 Å².